The van der Waals surface area contributed by atoms with Gasteiger partial charge in [0, 0.05) is 30.3 Å². The first-order valence-corrected chi connectivity index (χ1v) is 5.78. The number of rotatable bonds is 5. The molecule has 1 aliphatic rings. The molecular formula is C12H15FN2O3. The Hall–Kier alpha value is -1.53. The summed E-state index contributed by atoms with van der Waals surface area (Å²) in [7, 11) is 0. The smallest absolute Gasteiger partial charge is 0.269 e. The molecule has 1 unspecified atom stereocenters. The van der Waals surface area contributed by atoms with Crippen molar-refractivity contribution < 1.29 is 14.4 Å². The highest BCUT2D eigenvalue weighted by molar-refractivity contribution is 5.37. The van der Waals surface area contributed by atoms with Crippen LogP contribution in [0.15, 0.2) is 18.2 Å². The zero-order chi connectivity index (χ0) is 13.3. The van der Waals surface area contributed by atoms with Crippen LogP contribution < -0.4 is 5.73 Å². The molecule has 1 aromatic carbocycles. The molecule has 18 heavy (non-hydrogen) atoms. The summed E-state index contributed by atoms with van der Waals surface area (Å²) in [4.78, 5) is 10.1. The molecule has 0 aliphatic heterocycles. The van der Waals surface area contributed by atoms with Crippen molar-refractivity contribution in [3.63, 3.8) is 0 Å². The van der Waals surface area contributed by atoms with Crippen molar-refractivity contribution in [2.45, 2.75) is 25.3 Å². The van der Waals surface area contributed by atoms with Crippen LogP contribution in [0.4, 0.5) is 10.1 Å². The average molecular weight is 254 g/mol. The van der Waals surface area contributed by atoms with E-state index in [4.69, 9.17) is 5.73 Å². The van der Waals surface area contributed by atoms with Crippen LogP contribution in [0.25, 0.3) is 0 Å². The number of aliphatic hydroxyl groups is 1. The van der Waals surface area contributed by atoms with Crippen LogP contribution >= 0.6 is 0 Å². The predicted octanol–water partition coefficient (Wildman–Crippen LogP) is 1.90. The van der Waals surface area contributed by atoms with Gasteiger partial charge in [0.25, 0.3) is 5.69 Å². The summed E-state index contributed by atoms with van der Waals surface area (Å²) >= 11 is 0. The second-order valence-corrected chi connectivity index (χ2v) is 4.93. The number of nitro groups is 1. The van der Waals surface area contributed by atoms with Crippen LogP contribution in [0, 0.1) is 21.3 Å². The SMILES string of the molecule is NC(CC1(CO)CC1)c1cc([N+](=O)[O-])ccc1F. The van der Waals surface area contributed by atoms with E-state index >= 15 is 0 Å². The third-order valence-electron chi connectivity index (χ3n) is 3.54. The normalized spacial score (nSPS) is 18.4. The van der Waals surface area contributed by atoms with E-state index in [0.717, 1.165) is 25.0 Å². The Morgan fingerprint density at radius 1 is 1.56 bits per heavy atom. The van der Waals surface area contributed by atoms with Gasteiger partial charge < -0.3 is 10.8 Å². The standard InChI is InChI=1S/C12H15FN2O3/c13-10-2-1-8(15(17)18)5-9(10)11(14)6-12(7-16)3-4-12/h1-2,5,11,16H,3-4,6-7,14H2. The first kappa shape index (κ1) is 12.9. The van der Waals surface area contributed by atoms with Gasteiger partial charge in [-0.25, -0.2) is 4.39 Å². The summed E-state index contributed by atoms with van der Waals surface area (Å²) < 4.78 is 13.6. The predicted molar refractivity (Wildman–Crippen MR) is 63.4 cm³/mol. The zero-order valence-corrected chi connectivity index (χ0v) is 9.80. The molecule has 5 nitrogen and oxygen atoms in total. The Bertz CT molecular complexity index is 474. The fourth-order valence-corrected chi connectivity index (χ4v) is 2.11. The molecule has 1 fully saturated rings. The number of halogens is 1. The number of nitrogens with zero attached hydrogens (tertiary/aromatic N) is 1. The number of nitro benzene ring substituents is 1. The van der Waals surface area contributed by atoms with E-state index in [1.54, 1.807) is 0 Å². The summed E-state index contributed by atoms with van der Waals surface area (Å²) in [5, 5.41) is 19.9. The Morgan fingerprint density at radius 3 is 2.72 bits per heavy atom. The van der Waals surface area contributed by atoms with Crippen LogP contribution in [0.3, 0.4) is 0 Å². The van der Waals surface area contributed by atoms with Crippen LogP contribution in [-0.4, -0.2) is 16.6 Å². The number of benzene rings is 1. The molecule has 0 aromatic heterocycles. The van der Waals surface area contributed by atoms with E-state index in [1.807, 2.05) is 0 Å². The van der Waals surface area contributed by atoms with Gasteiger partial charge in [-0.2, -0.15) is 0 Å². The topological polar surface area (TPSA) is 89.4 Å². The largest absolute Gasteiger partial charge is 0.396 e. The second kappa shape index (κ2) is 4.62. The lowest BCUT2D eigenvalue weighted by Crippen LogP contribution is -2.19. The maximum Gasteiger partial charge on any atom is 0.269 e. The monoisotopic (exact) mass is 254 g/mol. The third-order valence-corrected chi connectivity index (χ3v) is 3.54. The summed E-state index contributed by atoms with van der Waals surface area (Å²) in [5.74, 6) is -0.540. The molecule has 98 valence electrons. The van der Waals surface area contributed by atoms with Crippen molar-refractivity contribution in [3.05, 3.63) is 39.7 Å². The minimum absolute atomic E-state index is 0.0250. The highest BCUT2D eigenvalue weighted by Gasteiger charge is 2.43. The molecule has 0 amide bonds. The molecule has 6 heteroatoms. The minimum Gasteiger partial charge on any atom is -0.396 e. The molecule has 1 saturated carbocycles. The van der Waals surface area contributed by atoms with E-state index in [9.17, 15) is 19.6 Å². The van der Waals surface area contributed by atoms with Gasteiger partial charge in [-0.15, -0.1) is 0 Å². The summed E-state index contributed by atoms with van der Waals surface area (Å²) in [6, 6.07) is 2.73. The first-order chi connectivity index (χ1) is 8.47. The average Bonchev–Trinajstić information content (AvgIpc) is 3.09. The van der Waals surface area contributed by atoms with Crippen molar-refractivity contribution in [2.24, 2.45) is 11.1 Å². The fourth-order valence-electron chi connectivity index (χ4n) is 2.11. The number of hydrogen-bond donors (Lipinski definition) is 2. The molecule has 0 bridgehead atoms. The molecular weight excluding hydrogens is 239 g/mol. The van der Waals surface area contributed by atoms with E-state index in [0.29, 0.717) is 6.42 Å². The van der Waals surface area contributed by atoms with Gasteiger partial charge in [-0.1, -0.05) is 0 Å². The Morgan fingerprint density at radius 2 is 2.22 bits per heavy atom. The van der Waals surface area contributed by atoms with Gasteiger partial charge in [0.1, 0.15) is 5.82 Å². The number of nitrogens with two attached hydrogens (primary N) is 1. The van der Waals surface area contributed by atoms with Gasteiger partial charge in [0.15, 0.2) is 0 Å². The van der Waals surface area contributed by atoms with Gasteiger partial charge in [0.05, 0.1) is 4.92 Å². The Balaban J connectivity index is 2.21. The third kappa shape index (κ3) is 2.49. The molecule has 1 aliphatic carbocycles. The van der Waals surface area contributed by atoms with E-state index in [-0.39, 0.29) is 23.3 Å². The minimum atomic E-state index is -0.625. The molecule has 2 rings (SSSR count). The van der Waals surface area contributed by atoms with Gasteiger partial charge >= 0.3 is 0 Å². The molecule has 0 saturated heterocycles. The molecule has 1 atom stereocenters. The number of non-ortho nitro benzene ring substituents is 1. The van der Waals surface area contributed by atoms with Crippen molar-refractivity contribution in [3.8, 4) is 0 Å². The van der Waals surface area contributed by atoms with Crippen molar-refractivity contribution in [1.82, 2.24) is 0 Å². The Labute approximate surface area is 104 Å². The number of aliphatic hydroxyl groups excluding tert-OH is 1. The molecule has 0 spiro atoms. The lowest BCUT2D eigenvalue weighted by atomic mass is 9.93. The number of hydrogen-bond acceptors (Lipinski definition) is 4. The van der Waals surface area contributed by atoms with Crippen LogP contribution in [0.1, 0.15) is 30.9 Å². The maximum atomic E-state index is 13.6. The van der Waals surface area contributed by atoms with E-state index < -0.39 is 16.8 Å². The Kier molecular flexibility index (Phi) is 3.32. The summed E-state index contributed by atoms with van der Waals surface area (Å²) in [5.41, 5.74) is 5.65. The van der Waals surface area contributed by atoms with E-state index in [1.165, 1.54) is 6.07 Å². The lowest BCUT2D eigenvalue weighted by molar-refractivity contribution is -0.385. The van der Waals surface area contributed by atoms with Gasteiger partial charge in [0.2, 0.25) is 0 Å². The first-order valence-electron chi connectivity index (χ1n) is 5.78. The second-order valence-electron chi connectivity index (χ2n) is 4.93. The van der Waals surface area contributed by atoms with Crippen molar-refractivity contribution in [1.29, 1.82) is 0 Å². The summed E-state index contributed by atoms with van der Waals surface area (Å²) in [6.45, 7) is 0.0250. The quantitative estimate of drug-likeness (QED) is 0.620. The van der Waals surface area contributed by atoms with Crippen molar-refractivity contribution in [2.75, 3.05) is 6.61 Å². The summed E-state index contributed by atoms with van der Waals surface area (Å²) in [6.07, 6.45) is 2.18. The van der Waals surface area contributed by atoms with Crippen LogP contribution in [0.2, 0.25) is 0 Å². The molecule has 0 heterocycles. The zero-order valence-electron chi connectivity index (χ0n) is 9.80. The van der Waals surface area contributed by atoms with Gasteiger partial charge in [-0.05, 0) is 30.7 Å². The highest BCUT2D eigenvalue weighted by atomic mass is 19.1. The lowest BCUT2D eigenvalue weighted by Gasteiger charge is -2.18. The van der Waals surface area contributed by atoms with E-state index in [2.05, 4.69) is 0 Å². The molecule has 3 N–H and O–H groups in total. The van der Waals surface area contributed by atoms with Crippen LogP contribution in [0.5, 0.6) is 0 Å². The highest BCUT2D eigenvalue weighted by Crippen LogP contribution is 2.51. The van der Waals surface area contributed by atoms with Crippen molar-refractivity contribution >= 4 is 5.69 Å². The van der Waals surface area contributed by atoms with Crippen LogP contribution in [-0.2, 0) is 0 Å². The molecule has 0 radical (unpaired) electrons. The molecule has 1 aromatic rings. The van der Waals surface area contributed by atoms with Gasteiger partial charge in [-0.3, -0.25) is 10.1 Å². The maximum absolute atomic E-state index is 13.6. The fraction of sp³-hybridized carbons (Fsp3) is 0.500.